The highest BCUT2D eigenvalue weighted by Gasteiger charge is 2.26. The van der Waals surface area contributed by atoms with E-state index in [-0.39, 0.29) is 6.23 Å². The Balaban J connectivity index is 4.03. The second-order valence-corrected chi connectivity index (χ2v) is 11.0. The van der Waals surface area contributed by atoms with Gasteiger partial charge in [0.2, 0.25) is 0 Å². The summed E-state index contributed by atoms with van der Waals surface area (Å²) in [5.74, 6) is 0. The molecule has 0 aliphatic rings. The van der Waals surface area contributed by atoms with E-state index < -0.39 is 8.32 Å². The molecule has 0 aromatic carbocycles. The molecule has 2 unspecified atom stereocenters. The fraction of sp³-hybridized carbons (Fsp3) is 1.00. The van der Waals surface area contributed by atoms with Gasteiger partial charge in [-0.1, -0.05) is 33.6 Å². The molecule has 0 saturated carbocycles. The number of hydrogen-bond acceptors (Lipinski definition) is 3. The highest BCUT2D eigenvalue weighted by atomic mass is 32.1. The van der Waals surface area contributed by atoms with Crippen LogP contribution in [0.2, 0.25) is 19.1 Å². The Labute approximate surface area is 127 Å². The van der Waals surface area contributed by atoms with Crippen molar-refractivity contribution in [3.8, 4) is 0 Å². The molecule has 0 aromatic rings. The third kappa shape index (κ3) is 9.11. The molecule has 116 valence electrons. The number of thiol groups is 1. The van der Waals surface area contributed by atoms with E-state index in [0.717, 1.165) is 13.1 Å². The average Bonchev–Trinajstić information content (AvgIpc) is 2.29. The molecule has 0 amide bonds. The molecule has 0 saturated heterocycles. The minimum absolute atomic E-state index is 0.263. The van der Waals surface area contributed by atoms with E-state index in [1.54, 1.807) is 0 Å². The van der Waals surface area contributed by atoms with Gasteiger partial charge >= 0.3 is 0 Å². The van der Waals surface area contributed by atoms with Gasteiger partial charge in [0.05, 0.1) is 6.23 Å². The topological polar surface area (TPSA) is 12.5 Å². The minimum atomic E-state index is -1.53. The summed E-state index contributed by atoms with van der Waals surface area (Å²) in [5.41, 5.74) is 0. The lowest BCUT2D eigenvalue weighted by molar-refractivity contribution is 0.0404. The van der Waals surface area contributed by atoms with E-state index in [2.05, 4.69) is 58.3 Å². The fourth-order valence-corrected chi connectivity index (χ4v) is 5.26. The van der Waals surface area contributed by atoms with Crippen molar-refractivity contribution in [2.24, 2.45) is 0 Å². The van der Waals surface area contributed by atoms with Crippen LogP contribution >= 0.6 is 12.6 Å². The summed E-state index contributed by atoms with van der Waals surface area (Å²) in [6.07, 6.45) is 5.24. The Morgan fingerprint density at radius 2 is 1.68 bits per heavy atom. The standard InChI is InChI=1S/C15H35NOSSi/c1-7-11-15(18)12-10-13-19(5,6)17-14(4)16(8-2)9-3/h14-15,18H,7-13H2,1-6H3. The molecule has 0 aliphatic carbocycles. The van der Waals surface area contributed by atoms with Gasteiger partial charge in [0.15, 0.2) is 8.32 Å². The Morgan fingerprint density at radius 1 is 1.11 bits per heavy atom. The minimum Gasteiger partial charge on any atom is -0.402 e. The van der Waals surface area contributed by atoms with Crippen molar-refractivity contribution in [2.75, 3.05) is 13.1 Å². The maximum atomic E-state index is 6.36. The molecule has 2 nitrogen and oxygen atoms in total. The summed E-state index contributed by atoms with van der Waals surface area (Å²) in [4.78, 5) is 2.38. The first kappa shape index (κ1) is 19.5. The highest BCUT2D eigenvalue weighted by molar-refractivity contribution is 7.80. The molecular weight excluding hydrogens is 270 g/mol. The van der Waals surface area contributed by atoms with Crippen LogP contribution < -0.4 is 0 Å². The molecule has 4 heteroatoms. The van der Waals surface area contributed by atoms with E-state index in [1.165, 1.54) is 31.7 Å². The first-order valence-electron chi connectivity index (χ1n) is 7.96. The van der Waals surface area contributed by atoms with Crippen molar-refractivity contribution in [3.63, 3.8) is 0 Å². The zero-order valence-corrected chi connectivity index (χ0v) is 15.8. The highest BCUT2D eigenvalue weighted by Crippen LogP contribution is 2.21. The normalized spacial score (nSPS) is 15.8. The van der Waals surface area contributed by atoms with E-state index in [0.29, 0.717) is 5.25 Å². The molecule has 0 aliphatic heterocycles. The van der Waals surface area contributed by atoms with Gasteiger partial charge in [-0.2, -0.15) is 12.6 Å². The van der Waals surface area contributed by atoms with Crippen LogP contribution in [0.1, 0.15) is 53.4 Å². The van der Waals surface area contributed by atoms with Crippen molar-refractivity contribution in [1.82, 2.24) is 4.90 Å². The van der Waals surface area contributed by atoms with Crippen LogP contribution in [0.4, 0.5) is 0 Å². The second kappa shape index (κ2) is 10.2. The summed E-state index contributed by atoms with van der Waals surface area (Å²) in [6, 6.07) is 1.25. The van der Waals surface area contributed by atoms with Gasteiger partial charge in [0.25, 0.3) is 0 Å². The van der Waals surface area contributed by atoms with Crippen molar-refractivity contribution >= 4 is 20.9 Å². The average molecular weight is 306 g/mol. The molecule has 0 bridgehead atoms. The van der Waals surface area contributed by atoms with Gasteiger partial charge in [0, 0.05) is 5.25 Å². The SMILES string of the molecule is CCCC(S)CCC[Si](C)(C)OC(C)N(CC)CC. The van der Waals surface area contributed by atoms with Crippen molar-refractivity contribution in [3.05, 3.63) is 0 Å². The summed E-state index contributed by atoms with van der Waals surface area (Å²) in [6.45, 7) is 15.7. The van der Waals surface area contributed by atoms with Gasteiger partial charge < -0.3 is 4.43 Å². The Hall–Kier alpha value is 0.487. The van der Waals surface area contributed by atoms with Gasteiger partial charge in [-0.05, 0) is 52.0 Å². The number of nitrogens with zero attached hydrogens (tertiary/aromatic N) is 1. The van der Waals surface area contributed by atoms with Crippen LogP contribution in [0.15, 0.2) is 0 Å². The van der Waals surface area contributed by atoms with Crippen LogP contribution in [0, 0.1) is 0 Å². The summed E-state index contributed by atoms with van der Waals surface area (Å²) >= 11 is 4.64. The molecule has 0 spiro atoms. The lowest BCUT2D eigenvalue weighted by atomic mass is 10.2. The molecule has 0 rings (SSSR count). The van der Waals surface area contributed by atoms with Crippen LogP contribution in [0.3, 0.4) is 0 Å². The van der Waals surface area contributed by atoms with E-state index >= 15 is 0 Å². The molecule has 0 fully saturated rings. The first-order valence-corrected chi connectivity index (χ1v) is 11.6. The Kier molecular flexibility index (Phi) is 10.5. The van der Waals surface area contributed by atoms with Crippen LogP contribution in [0.5, 0.6) is 0 Å². The lowest BCUT2D eigenvalue weighted by Crippen LogP contribution is -2.43. The number of rotatable bonds is 11. The molecular formula is C15H35NOSSi. The van der Waals surface area contributed by atoms with Gasteiger partial charge in [-0.15, -0.1) is 0 Å². The molecule has 2 atom stereocenters. The maximum absolute atomic E-state index is 6.36. The predicted octanol–water partition coefficient (Wildman–Crippen LogP) is 4.77. The predicted molar refractivity (Wildman–Crippen MR) is 92.7 cm³/mol. The van der Waals surface area contributed by atoms with Crippen LogP contribution in [0.25, 0.3) is 0 Å². The summed E-state index contributed by atoms with van der Waals surface area (Å²) in [7, 11) is -1.53. The largest absolute Gasteiger partial charge is 0.402 e. The van der Waals surface area contributed by atoms with Crippen LogP contribution in [-0.4, -0.2) is 37.8 Å². The fourth-order valence-electron chi connectivity index (χ4n) is 2.57. The first-order chi connectivity index (χ1) is 8.86. The third-order valence-corrected chi connectivity index (χ3v) is 6.81. The zero-order chi connectivity index (χ0) is 14.9. The smallest absolute Gasteiger partial charge is 0.188 e. The summed E-state index contributed by atoms with van der Waals surface area (Å²) < 4.78 is 6.36. The van der Waals surface area contributed by atoms with Gasteiger partial charge in [-0.25, -0.2) is 0 Å². The molecule has 0 aromatic heterocycles. The van der Waals surface area contributed by atoms with Crippen molar-refractivity contribution in [1.29, 1.82) is 0 Å². The molecule has 19 heavy (non-hydrogen) atoms. The number of hydrogen-bond donors (Lipinski definition) is 1. The Bertz CT molecular complexity index is 222. The van der Waals surface area contributed by atoms with Gasteiger partial charge in [-0.3, -0.25) is 4.90 Å². The lowest BCUT2D eigenvalue weighted by Gasteiger charge is -2.34. The maximum Gasteiger partial charge on any atom is 0.188 e. The van der Waals surface area contributed by atoms with Crippen molar-refractivity contribution in [2.45, 2.75) is 84.0 Å². The van der Waals surface area contributed by atoms with E-state index in [4.69, 9.17) is 4.43 Å². The van der Waals surface area contributed by atoms with Crippen molar-refractivity contribution < 1.29 is 4.43 Å². The quantitative estimate of drug-likeness (QED) is 0.335. The monoisotopic (exact) mass is 305 g/mol. The Morgan fingerprint density at radius 3 is 2.16 bits per heavy atom. The van der Waals surface area contributed by atoms with Crippen LogP contribution in [-0.2, 0) is 4.43 Å². The van der Waals surface area contributed by atoms with E-state index in [1.807, 2.05) is 0 Å². The molecule has 0 radical (unpaired) electrons. The zero-order valence-electron chi connectivity index (χ0n) is 13.9. The van der Waals surface area contributed by atoms with E-state index in [9.17, 15) is 0 Å². The second-order valence-electron chi connectivity index (χ2n) is 6.03. The summed E-state index contributed by atoms with van der Waals surface area (Å²) in [5, 5.41) is 0.579. The van der Waals surface area contributed by atoms with Gasteiger partial charge in [0.1, 0.15) is 0 Å². The third-order valence-electron chi connectivity index (χ3n) is 3.75. The molecule has 0 N–H and O–H groups in total. The molecule has 0 heterocycles.